The summed E-state index contributed by atoms with van der Waals surface area (Å²) in [6.07, 6.45) is 0.509. The number of carbonyl (C=O) groups excluding carboxylic acids is 2. The van der Waals surface area contributed by atoms with E-state index in [-0.39, 0.29) is 30.0 Å². The molecule has 0 saturated carbocycles. The van der Waals surface area contributed by atoms with Gasteiger partial charge < -0.3 is 10.1 Å². The number of carbonyl (C=O) groups is 2. The van der Waals surface area contributed by atoms with Crippen LogP contribution in [0.2, 0.25) is 0 Å². The minimum atomic E-state index is -0.487. The Balaban J connectivity index is 2.78. The molecule has 1 aromatic rings. The lowest BCUT2D eigenvalue weighted by Gasteiger charge is -2.19. The van der Waals surface area contributed by atoms with E-state index in [0.717, 1.165) is 0 Å². The van der Waals surface area contributed by atoms with Crippen LogP contribution in [0, 0.1) is 5.82 Å². The van der Waals surface area contributed by atoms with E-state index in [1.165, 1.54) is 31.4 Å². The molecule has 0 aliphatic carbocycles. The van der Waals surface area contributed by atoms with Crippen LogP contribution in [-0.4, -0.2) is 30.9 Å². The van der Waals surface area contributed by atoms with E-state index in [2.05, 4.69) is 10.1 Å². The van der Waals surface area contributed by atoms with Gasteiger partial charge >= 0.3 is 5.97 Å². The summed E-state index contributed by atoms with van der Waals surface area (Å²) in [6.45, 7) is 3.84. The van der Waals surface area contributed by atoms with Crippen LogP contribution in [-0.2, 0) is 9.53 Å². The van der Waals surface area contributed by atoms with Gasteiger partial charge in [-0.25, -0.2) is 4.39 Å². The molecule has 1 unspecified atom stereocenters. The number of hydrogen-bond acceptors (Lipinski definition) is 4. The number of benzene rings is 1. The number of nitrogens with one attached hydrogen (secondary N) is 1. The molecule has 0 radical (unpaired) electrons. The highest BCUT2D eigenvalue weighted by Gasteiger charge is 2.21. The van der Waals surface area contributed by atoms with Crippen LogP contribution < -0.4 is 5.32 Å². The van der Waals surface area contributed by atoms with Gasteiger partial charge in [0.25, 0.3) is 0 Å². The molecule has 1 N–H and O–H groups in total. The van der Waals surface area contributed by atoms with E-state index in [1.54, 1.807) is 0 Å². The molecule has 0 aliphatic heterocycles. The molecule has 1 aromatic carbocycles. The molecule has 5 heteroatoms. The summed E-state index contributed by atoms with van der Waals surface area (Å²) in [7, 11) is 1.31. The van der Waals surface area contributed by atoms with Crippen LogP contribution in [0.4, 0.5) is 4.39 Å². The Morgan fingerprint density at radius 3 is 2.35 bits per heavy atom. The quantitative estimate of drug-likeness (QED) is 0.615. The molecule has 110 valence electrons. The van der Waals surface area contributed by atoms with Crippen molar-refractivity contribution in [2.75, 3.05) is 7.11 Å². The number of ether oxygens (including phenoxy) is 1. The first-order valence-electron chi connectivity index (χ1n) is 6.56. The second-order valence-electron chi connectivity index (χ2n) is 4.86. The van der Waals surface area contributed by atoms with Crippen molar-refractivity contribution >= 4 is 11.8 Å². The summed E-state index contributed by atoms with van der Waals surface area (Å²) in [5.74, 6) is -0.889. The van der Waals surface area contributed by atoms with E-state index in [0.29, 0.717) is 12.0 Å². The summed E-state index contributed by atoms with van der Waals surface area (Å²) in [5, 5.41) is 3.12. The second-order valence-corrected chi connectivity index (χ2v) is 4.86. The topological polar surface area (TPSA) is 55.4 Å². The predicted molar refractivity (Wildman–Crippen MR) is 74.0 cm³/mol. The predicted octanol–water partition coefficient (Wildman–Crippen LogP) is 2.33. The maximum absolute atomic E-state index is 12.9. The zero-order valence-corrected chi connectivity index (χ0v) is 12.0. The lowest BCUT2D eigenvalue weighted by Crippen LogP contribution is -2.41. The average molecular weight is 281 g/mol. The molecular formula is C15H20FNO3. The van der Waals surface area contributed by atoms with E-state index < -0.39 is 6.04 Å². The molecule has 4 nitrogen and oxygen atoms in total. The molecule has 0 aromatic heterocycles. The van der Waals surface area contributed by atoms with Crippen molar-refractivity contribution in [2.45, 2.75) is 38.8 Å². The number of hydrogen-bond donors (Lipinski definition) is 1. The summed E-state index contributed by atoms with van der Waals surface area (Å²) in [4.78, 5) is 23.6. The van der Waals surface area contributed by atoms with Crippen molar-refractivity contribution in [1.29, 1.82) is 0 Å². The first kappa shape index (κ1) is 16.3. The van der Waals surface area contributed by atoms with Gasteiger partial charge in [0.05, 0.1) is 13.2 Å². The summed E-state index contributed by atoms with van der Waals surface area (Å²) in [6, 6.07) is 5.01. The minimum Gasteiger partial charge on any atom is -0.469 e. The molecule has 0 bridgehead atoms. The average Bonchev–Trinajstić information content (AvgIpc) is 2.42. The Morgan fingerprint density at radius 2 is 1.85 bits per heavy atom. The monoisotopic (exact) mass is 281 g/mol. The van der Waals surface area contributed by atoms with Gasteiger partial charge in [0.15, 0.2) is 5.78 Å². The lowest BCUT2D eigenvalue weighted by atomic mass is 9.99. The lowest BCUT2D eigenvalue weighted by molar-refractivity contribution is -0.140. The fraction of sp³-hybridized carbons (Fsp3) is 0.467. The first-order valence-corrected chi connectivity index (χ1v) is 6.56. The molecule has 1 rings (SSSR count). The van der Waals surface area contributed by atoms with Crippen molar-refractivity contribution < 1.29 is 18.7 Å². The maximum Gasteiger partial charge on any atom is 0.305 e. The van der Waals surface area contributed by atoms with Gasteiger partial charge in [-0.1, -0.05) is 13.8 Å². The van der Waals surface area contributed by atoms with Crippen molar-refractivity contribution in [3.63, 3.8) is 0 Å². The van der Waals surface area contributed by atoms with E-state index in [1.807, 2.05) is 13.8 Å². The van der Waals surface area contributed by atoms with Crippen LogP contribution >= 0.6 is 0 Å². The third-order valence-corrected chi connectivity index (χ3v) is 2.84. The van der Waals surface area contributed by atoms with Gasteiger partial charge in [0.2, 0.25) is 0 Å². The van der Waals surface area contributed by atoms with E-state index in [4.69, 9.17) is 0 Å². The number of halogens is 1. The third kappa shape index (κ3) is 5.09. The Morgan fingerprint density at radius 1 is 1.25 bits per heavy atom. The molecular weight excluding hydrogens is 261 g/mol. The minimum absolute atomic E-state index is 0.0991. The van der Waals surface area contributed by atoms with E-state index >= 15 is 0 Å². The molecule has 0 spiro atoms. The maximum atomic E-state index is 12.9. The third-order valence-electron chi connectivity index (χ3n) is 2.84. The van der Waals surface area contributed by atoms with Crippen LogP contribution in [0.3, 0.4) is 0 Å². The largest absolute Gasteiger partial charge is 0.469 e. The summed E-state index contributed by atoms with van der Waals surface area (Å²) >= 11 is 0. The molecule has 0 saturated heterocycles. The smallest absolute Gasteiger partial charge is 0.305 e. The highest BCUT2D eigenvalue weighted by Crippen LogP contribution is 2.11. The number of Topliss-reactive ketones (excluding diaryl/α,β-unsaturated/α-hetero) is 1. The Hall–Kier alpha value is -1.75. The molecule has 1 atom stereocenters. The number of esters is 1. The van der Waals surface area contributed by atoms with Crippen molar-refractivity contribution in [1.82, 2.24) is 5.32 Å². The number of rotatable bonds is 7. The van der Waals surface area contributed by atoms with Gasteiger partial charge in [0.1, 0.15) is 5.82 Å². The molecule has 0 aliphatic rings. The Kier molecular flexibility index (Phi) is 6.31. The Labute approximate surface area is 118 Å². The van der Waals surface area contributed by atoms with Crippen molar-refractivity contribution in [3.05, 3.63) is 35.6 Å². The molecule has 0 amide bonds. The second kappa shape index (κ2) is 7.75. The highest BCUT2D eigenvalue weighted by molar-refractivity contribution is 6.00. The van der Waals surface area contributed by atoms with Crippen molar-refractivity contribution in [3.8, 4) is 0 Å². The van der Waals surface area contributed by atoms with Crippen molar-refractivity contribution in [2.24, 2.45) is 0 Å². The normalized spacial score (nSPS) is 12.2. The Bertz CT molecular complexity index is 457. The SMILES string of the molecule is COC(=O)CCC(NC(C)C)C(=O)c1ccc(F)cc1. The first-order chi connectivity index (χ1) is 9.43. The van der Waals surface area contributed by atoms with Crippen LogP contribution in [0.1, 0.15) is 37.0 Å². The van der Waals surface area contributed by atoms with Crippen LogP contribution in [0.5, 0.6) is 0 Å². The van der Waals surface area contributed by atoms with E-state index in [9.17, 15) is 14.0 Å². The van der Waals surface area contributed by atoms with Gasteiger partial charge in [-0.05, 0) is 30.7 Å². The van der Waals surface area contributed by atoms with Gasteiger partial charge in [0, 0.05) is 18.0 Å². The van der Waals surface area contributed by atoms with Gasteiger partial charge in [-0.2, -0.15) is 0 Å². The number of ketones is 1. The van der Waals surface area contributed by atoms with Crippen LogP contribution in [0.25, 0.3) is 0 Å². The molecule has 0 fully saturated rings. The fourth-order valence-corrected chi connectivity index (χ4v) is 1.87. The zero-order valence-electron chi connectivity index (χ0n) is 12.0. The van der Waals surface area contributed by atoms with Gasteiger partial charge in [-0.15, -0.1) is 0 Å². The van der Waals surface area contributed by atoms with Gasteiger partial charge in [-0.3, -0.25) is 9.59 Å². The number of methoxy groups -OCH3 is 1. The fourth-order valence-electron chi connectivity index (χ4n) is 1.87. The summed E-state index contributed by atoms with van der Waals surface area (Å²) in [5.41, 5.74) is 0.425. The molecule has 0 heterocycles. The zero-order chi connectivity index (χ0) is 15.1. The van der Waals surface area contributed by atoms with Crippen LogP contribution in [0.15, 0.2) is 24.3 Å². The highest BCUT2D eigenvalue weighted by atomic mass is 19.1. The summed E-state index contributed by atoms with van der Waals surface area (Å²) < 4.78 is 17.5. The standard InChI is InChI=1S/C15H20FNO3/c1-10(2)17-13(8-9-14(18)20-3)15(19)11-4-6-12(16)7-5-11/h4-7,10,13,17H,8-9H2,1-3H3. The molecule has 20 heavy (non-hydrogen) atoms.